The molecule has 21 heavy (non-hydrogen) atoms. The average Bonchev–Trinajstić information content (AvgIpc) is 2.92. The third-order valence-corrected chi connectivity index (χ3v) is 3.91. The van der Waals surface area contributed by atoms with Gasteiger partial charge in [-0.25, -0.2) is 0 Å². The molecule has 0 saturated carbocycles. The number of rotatable bonds is 4. The molecule has 1 aromatic rings. The second-order valence-electron chi connectivity index (χ2n) is 6.64. The summed E-state index contributed by atoms with van der Waals surface area (Å²) in [6.07, 6.45) is 2.96. The van der Waals surface area contributed by atoms with E-state index in [0.29, 0.717) is 6.54 Å². The van der Waals surface area contributed by atoms with E-state index >= 15 is 0 Å². The van der Waals surface area contributed by atoms with Gasteiger partial charge in [0.15, 0.2) is 0 Å². The van der Waals surface area contributed by atoms with E-state index in [4.69, 9.17) is 0 Å². The van der Waals surface area contributed by atoms with Crippen LogP contribution in [-0.2, 0) is 16.6 Å². The highest BCUT2D eigenvalue weighted by Gasteiger charge is 2.21. The minimum Gasteiger partial charge on any atom is -0.354 e. The lowest BCUT2D eigenvalue weighted by molar-refractivity contribution is -0.122. The van der Waals surface area contributed by atoms with Gasteiger partial charge in [-0.3, -0.25) is 4.79 Å². The fraction of sp³-hybridized carbons (Fsp3) is 0.588. The van der Waals surface area contributed by atoms with Crippen LogP contribution >= 0.6 is 12.4 Å². The van der Waals surface area contributed by atoms with E-state index in [-0.39, 0.29) is 29.8 Å². The zero-order chi connectivity index (χ0) is 14.6. The minimum absolute atomic E-state index is 0. The Morgan fingerprint density at radius 1 is 1.29 bits per heavy atom. The summed E-state index contributed by atoms with van der Waals surface area (Å²) in [7, 11) is 0. The van der Waals surface area contributed by atoms with Crippen molar-refractivity contribution in [3.05, 3.63) is 35.4 Å². The fourth-order valence-electron chi connectivity index (χ4n) is 2.53. The molecule has 1 aromatic carbocycles. The predicted octanol–water partition coefficient (Wildman–Crippen LogP) is 2.82. The molecule has 118 valence electrons. The maximum absolute atomic E-state index is 11.8. The third-order valence-electron chi connectivity index (χ3n) is 3.91. The van der Waals surface area contributed by atoms with Gasteiger partial charge in [0.1, 0.15) is 0 Å². The summed E-state index contributed by atoms with van der Waals surface area (Å²) >= 11 is 0. The maximum atomic E-state index is 11.8. The van der Waals surface area contributed by atoms with Crippen LogP contribution in [0.3, 0.4) is 0 Å². The molecule has 1 amide bonds. The first-order valence-electron chi connectivity index (χ1n) is 7.57. The van der Waals surface area contributed by atoms with Gasteiger partial charge in [-0.15, -0.1) is 12.4 Å². The van der Waals surface area contributed by atoms with Crippen molar-refractivity contribution in [3.63, 3.8) is 0 Å². The van der Waals surface area contributed by atoms with Gasteiger partial charge in [-0.2, -0.15) is 0 Å². The zero-order valence-electron chi connectivity index (χ0n) is 13.2. The van der Waals surface area contributed by atoms with Gasteiger partial charge < -0.3 is 10.6 Å². The van der Waals surface area contributed by atoms with Crippen molar-refractivity contribution in [1.29, 1.82) is 0 Å². The number of benzene rings is 1. The van der Waals surface area contributed by atoms with Crippen molar-refractivity contribution in [2.24, 2.45) is 0 Å². The Kier molecular flexibility index (Phi) is 6.69. The summed E-state index contributed by atoms with van der Waals surface area (Å²) in [5.74, 6) is 0.147. The first kappa shape index (κ1) is 18.0. The summed E-state index contributed by atoms with van der Waals surface area (Å²) in [6.45, 7) is 8.34. The molecule has 1 atom stereocenters. The Hall–Kier alpha value is -1.06. The molecule has 1 heterocycles. The second-order valence-corrected chi connectivity index (χ2v) is 6.64. The quantitative estimate of drug-likeness (QED) is 0.898. The summed E-state index contributed by atoms with van der Waals surface area (Å²) in [5.41, 5.74) is 2.82. The van der Waals surface area contributed by atoms with E-state index in [1.165, 1.54) is 11.1 Å². The first-order chi connectivity index (χ1) is 9.47. The Bertz CT molecular complexity index is 445. The summed E-state index contributed by atoms with van der Waals surface area (Å²) < 4.78 is 0. The van der Waals surface area contributed by atoms with Crippen LogP contribution in [0.5, 0.6) is 0 Å². The van der Waals surface area contributed by atoms with Crippen LogP contribution in [0.1, 0.15) is 44.7 Å². The lowest BCUT2D eigenvalue weighted by Crippen LogP contribution is -2.41. The smallest absolute Gasteiger partial charge is 0.237 e. The highest BCUT2D eigenvalue weighted by atomic mass is 35.5. The van der Waals surface area contributed by atoms with Crippen LogP contribution in [0.15, 0.2) is 24.3 Å². The van der Waals surface area contributed by atoms with E-state index in [1.54, 1.807) is 0 Å². The van der Waals surface area contributed by atoms with Crippen LogP contribution in [0.2, 0.25) is 0 Å². The Balaban J connectivity index is 0.00000220. The molecule has 1 aliphatic heterocycles. The van der Waals surface area contributed by atoms with E-state index in [9.17, 15) is 4.79 Å². The number of hydrogen-bond acceptors (Lipinski definition) is 2. The maximum Gasteiger partial charge on any atom is 0.237 e. The number of carbonyl (C=O) groups is 1. The third kappa shape index (κ3) is 5.33. The van der Waals surface area contributed by atoms with Crippen molar-refractivity contribution in [2.75, 3.05) is 13.1 Å². The SMILES string of the molecule is CC(C)(C)c1ccc(CCNC(=O)C2CCCN2)cc1.Cl. The van der Waals surface area contributed by atoms with Gasteiger partial charge >= 0.3 is 0 Å². The highest BCUT2D eigenvalue weighted by Crippen LogP contribution is 2.22. The van der Waals surface area contributed by atoms with E-state index in [1.807, 2.05) is 0 Å². The van der Waals surface area contributed by atoms with E-state index < -0.39 is 0 Å². The largest absolute Gasteiger partial charge is 0.354 e. The molecule has 1 saturated heterocycles. The molecule has 4 heteroatoms. The van der Waals surface area contributed by atoms with Crippen LogP contribution < -0.4 is 10.6 Å². The summed E-state index contributed by atoms with van der Waals surface area (Å²) in [6, 6.07) is 8.74. The predicted molar refractivity (Wildman–Crippen MR) is 90.1 cm³/mol. The van der Waals surface area contributed by atoms with Crippen molar-refractivity contribution >= 4 is 18.3 Å². The van der Waals surface area contributed by atoms with Gasteiger partial charge in [0, 0.05) is 6.54 Å². The lowest BCUT2D eigenvalue weighted by Gasteiger charge is -2.19. The molecule has 0 radical (unpaired) electrons. The normalized spacial score (nSPS) is 18.1. The van der Waals surface area contributed by atoms with Gasteiger partial charge in [0.25, 0.3) is 0 Å². The minimum atomic E-state index is 0. The molecular formula is C17H27ClN2O. The molecule has 1 unspecified atom stereocenters. The lowest BCUT2D eigenvalue weighted by atomic mass is 9.86. The molecular weight excluding hydrogens is 284 g/mol. The van der Waals surface area contributed by atoms with Crippen molar-refractivity contribution in [1.82, 2.24) is 10.6 Å². The van der Waals surface area contributed by atoms with Crippen LogP contribution in [-0.4, -0.2) is 25.0 Å². The zero-order valence-corrected chi connectivity index (χ0v) is 14.1. The Labute approximate surface area is 134 Å². The topological polar surface area (TPSA) is 41.1 Å². The van der Waals surface area contributed by atoms with Gasteiger partial charge in [-0.05, 0) is 42.3 Å². The highest BCUT2D eigenvalue weighted by molar-refractivity contribution is 5.85. The first-order valence-corrected chi connectivity index (χ1v) is 7.57. The van der Waals surface area contributed by atoms with Gasteiger partial charge in [0.05, 0.1) is 6.04 Å². The van der Waals surface area contributed by atoms with Crippen LogP contribution in [0.25, 0.3) is 0 Å². The standard InChI is InChI=1S/C17H26N2O.ClH/c1-17(2,3)14-8-6-13(7-9-14)10-12-19-16(20)15-5-4-11-18-15;/h6-9,15,18H,4-5,10-12H2,1-3H3,(H,19,20);1H. The van der Waals surface area contributed by atoms with E-state index in [2.05, 4.69) is 55.7 Å². The number of carbonyl (C=O) groups excluding carboxylic acids is 1. The number of amides is 1. The number of halogens is 1. The summed E-state index contributed by atoms with van der Waals surface area (Å²) in [4.78, 5) is 11.8. The monoisotopic (exact) mass is 310 g/mol. The Morgan fingerprint density at radius 3 is 2.48 bits per heavy atom. The molecule has 0 spiro atoms. The van der Waals surface area contributed by atoms with E-state index in [0.717, 1.165) is 25.8 Å². The molecule has 0 bridgehead atoms. The Morgan fingerprint density at radius 2 is 1.95 bits per heavy atom. The molecule has 1 fully saturated rings. The van der Waals surface area contributed by atoms with Crippen molar-refractivity contribution in [3.8, 4) is 0 Å². The van der Waals surface area contributed by atoms with Gasteiger partial charge in [-0.1, -0.05) is 45.0 Å². The van der Waals surface area contributed by atoms with Gasteiger partial charge in [0.2, 0.25) is 5.91 Å². The fourth-order valence-corrected chi connectivity index (χ4v) is 2.53. The molecule has 2 N–H and O–H groups in total. The number of hydrogen-bond donors (Lipinski definition) is 2. The summed E-state index contributed by atoms with van der Waals surface area (Å²) in [5, 5.41) is 6.23. The van der Waals surface area contributed by atoms with Crippen LogP contribution in [0.4, 0.5) is 0 Å². The second kappa shape index (κ2) is 7.81. The molecule has 0 aromatic heterocycles. The molecule has 1 aliphatic rings. The average molecular weight is 311 g/mol. The molecule has 2 rings (SSSR count). The molecule has 0 aliphatic carbocycles. The van der Waals surface area contributed by atoms with Crippen LogP contribution in [0, 0.1) is 0 Å². The van der Waals surface area contributed by atoms with Crippen molar-refractivity contribution < 1.29 is 4.79 Å². The van der Waals surface area contributed by atoms with Crippen molar-refractivity contribution in [2.45, 2.75) is 51.5 Å². The molecule has 3 nitrogen and oxygen atoms in total. The number of nitrogens with one attached hydrogen (secondary N) is 2.